The minimum Gasteiger partial charge on any atom is -0.391 e. The van der Waals surface area contributed by atoms with Gasteiger partial charge in [0.05, 0.1) is 12.3 Å². The van der Waals surface area contributed by atoms with E-state index < -0.39 is 24.1 Å². The van der Waals surface area contributed by atoms with E-state index in [0.717, 1.165) is 5.56 Å². The molecule has 0 radical (unpaired) electrons. The maximum absolute atomic E-state index is 9.94. The van der Waals surface area contributed by atoms with E-state index in [1.807, 2.05) is 30.3 Å². The van der Waals surface area contributed by atoms with Gasteiger partial charge in [-0.2, -0.15) is 0 Å². The van der Waals surface area contributed by atoms with Gasteiger partial charge in [-0.15, -0.1) is 0 Å². The number of nitrogens with zero attached hydrogens (tertiary/aromatic N) is 1. The summed E-state index contributed by atoms with van der Waals surface area (Å²) in [6, 6.07) is 9.77. The molecule has 1 aromatic rings. The molecular weight excluding hydrogens is 338 g/mol. The third-order valence-electron chi connectivity index (χ3n) is 3.06. The van der Waals surface area contributed by atoms with Crippen molar-refractivity contribution in [3.05, 3.63) is 35.9 Å². The van der Waals surface area contributed by atoms with Gasteiger partial charge in [-0.25, -0.2) is 0 Å². The lowest BCUT2D eigenvalue weighted by Crippen LogP contribution is -2.37. The molecular formula is C15H20BrNO4. The summed E-state index contributed by atoms with van der Waals surface area (Å²) < 4.78 is 11.4. The molecule has 0 saturated carbocycles. The molecule has 3 atom stereocenters. The van der Waals surface area contributed by atoms with Crippen LogP contribution in [0.5, 0.6) is 0 Å². The van der Waals surface area contributed by atoms with Gasteiger partial charge in [0.15, 0.2) is 5.79 Å². The summed E-state index contributed by atoms with van der Waals surface area (Å²) in [7, 11) is 0. The average molecular weight is 358 g/mol. The molecule has 1 heterocycles. The van der Waals surface area contributed by atoms with Gasteiger partial charge in [0, 0.05) is 5.33 Å². The van der Waals surface area contributed by atoms with Crippen molar-refractivity contribution in [2.75, 3.05) is 5.33 Å². The van der Waals surface area contributed by atoms with Gasteiger partial charge >= 0.3 is 0 Å². The van der Waals surface area contributed by atoms with Gasteiger partial charge in [0.25, 0.3) is 0 Å². The van der Waals surface area contributed by atoms with Crippen LogP contribution in [0.15, 0.2) is 35.5 Å². The summed E-state index contributed by atoms with van der Waals surface area (Å²) in [4.78, 5) is 5.25. The zero-order valence-electron chi connectivity index (χ0n) is 12.1. The van der Waals surface area contributed by atoms with E-state index in [0.29, 0.717) is 11.9 Å². The molecule has 2 rings (SSSR count). The van der Waals surface area contributed by atoms with Crippen molar-refractivity contribution >= 4 is 22.1 Å². The largest absolute Gasteiger partial charge is 0.391 e. The number of aliphatic hydroxyl groups is 1. The van der Waals surface area contributed by atoms with Gasteiger partial charge in [-0.1, -0.05) is 51.4 Å². The second-order valence-corrected chi connectivity index (χ2v) is 5.95. The molecule has 1 N–H and O–H groups in total. The van der Waals surface area contributed by atoms with Crippen LogP contribution in [0.25, 0.3) is 0 Å². The van der Waals surface area contributed by atoms with Crippen molar-refractivity contribution in [2.24, 2.45) is 5.16 Å². The highest BCUT2D eigenvalue weighted by Gasteiger charge is 2.43. The fourth-order valence-corrected chi connectivity index (χ4v) is 2.48. The van der Waals surface area contributed by atoms with Crippen LogP contribution in [0, 0.1) is 0 Å². The normalized spacial score (nSPS) is 26.1. The highest BCUT2D eigenvalue weighted by Crippen LogP contribution is 2.29. The number of halogens is 1. The summed E-state index contributed by atoms with van der Waals surface area (Å²) in [6.45, 7) is 4.00. The van der Waals surface area contributed by atoms with E-state index in [9.17, 15) is 5.11 Å². The number of oxime groups is 1. The number of hydrogen-bond acceptors (Lipinski definition) is 5. The van der Waals surface area contributed by atoms with E-state index in [1.54, 1.807) is 13.8 Å². The molecule has 5 nitrogen and oxygen atoms in total. The first-order chi connectivity index (χ1) is 10.0. The molecule has 21 heavy (non-hydrogen) atoms. The molecule has 1 saturated heterocycles. The molecule has 1 fully saturated rings. The molecule has 116 valence electrons. The van der Waals surface area contributed by atoms with E-state index >= 15 is 0 Å². The Morgan fingerprint density at radius 1 is 1.38 bits per heavy atom. The van der Waals surface area contributed by atoms with Crippen molar-refractivity contribution in [2.45, 2.75) is 44.6 Å². The third-order valence-corrected chi connectivity index (χ3v) is 3.72. The molecule has 0 unspecified atom stereocenters. The zero-order chi connectivity index (χ0) is 15.3. The number of alkyl halides is 1. The lowest BCUT2D eigenvalue weighted by Gasteiger charge is -2.19. The third kappa shape index (κ3) is 4.78. The van der Waals surface area contributed by atoms with Gasteiger partial charge in [0.2, 0.25) is 0 Å². The second kappa shape index (κ2) is 7.35. The van der Waals surface area contributed by atoms with Gasteiger partial charge in [-0.05, 0) is 19.4 Å². The van der Waals surface area contributed by atoms with E-state index in [2.05, 4.69) is 21.1 Å². The quantitative estimate of drug-likeness (QED) is 0.482. The number of hydrogen-bond donors (Lipinski definition) is 1. The van der Waals surface area contributed by atoms with Crippen LogP contribution < -0.4 is 0 Å². The van der Waals surface area contributed by atoms with Crippen LogP contribution in [-0.2, 0) is 20.9 Å². The molecule has 1 aliphatic heterocycles. The van der Waals surface area contributed by atoms with Crippen molar-refractivity contribution in [3.63, 3.8) is 0 Å². The van der Waals surface area contributed by atoms with Crippen LogP contribution in [0.4, 0.5) is 0 Å². The van der Waals surface area contributed by atoms with Crippen molar-refractivity contribution < 1.29 is 19.4 Å². The Bertz CT molecular complexity index is 466. The Morgan fingerprint density at radius 3 is 2.76 bits per heavy atom. The lowest BCUT2D eigenvalue weighted by atomic mass is 10.1. The highest BCUT2D eigenvalue weighted by molar-refractivity contribution is 9.09. The summed E-state index contributed by atoms with van der Waals surface area (Å²) in [5, 5.41) is 14.3. The molecule has 0 aromatic heterocycles. The molecule has 0 amide bonds. The summed E-state index contributed by atoms with van der Waals surface area (Å²) in [6.07, 6.45) is -0.0436. The first-order valence-electron chi connectivity index (χ1n) is 6.81. The second-order valence-electron chi connectivity index (χ2n) is 5.30. The molecule has 0 bridgehead atoms. The SMILES string of the molecule is CC1(C)O[C@H]([C@H](O)CBr)[C@H](/C=N/OCc2ccccc2)O1. The first-order valence-corrected chi connectivity index (χ1v) is 7.93. The smallest absolute Gasteiger partial charge is 0.164 e. The van der Waals surface area contributed by atoms with Crippen LogP contribution in [0.3, 0.4) is 0 Å². The van der Waals surface area contributed by atoms with Crippen LogP contribution >= 0.6 is 15.9 Å². The number of rotatable bonds is 6. The van der Waals surface area contributed by atoms with Gasteiger partial charge in [0.1, 0.15) is 18.8 Å². The van der Waals surface area contributed by atoms with Crippen molar-refractivity contribution in [1.82, 2.24) is 0 Å². The number of benzene rings is 1. The molecule has 6 heteroatoms. The lowest BCUT2D eigenvalue weighted by molar-refractivity contribution is -0.150. The van der Waals surface area contributed by atoms with Crippen molar-refractivity contribution in [1.29, 1.82) is 0 Å². The van der Waals surface area contributed by atoms with Crippen molar-refractivity contribution in [3.8, 4) is 0 Å². The highest BCUT2D eigenvalue weighted by atomic mass is 79.9. The Morgan fingerprint density at radius 2 is 2.10 bits per heavy atom. The van der Waals surface area contributed by atoms with Gasteiger partial charge < -0.3 is 19.4 Å². The minimum absolute atomic E-state index is 0.389. The van der Waals surface area contributed by atoms with E-state index in [1.165, 1.54) is 6.21 Å². The first kappa shape index (κ1) is 16.4. The summed E-state index contributed by atoms with van der Waals surface area (Å²) in [5.74, 6) is -0.746. The topological polar surface area (TPSA) is 60.3 Å². The Kier molecular flexibility index (Phi) is 5.75. The maximum atomic E-state index is 9.94. The standard InChI is InChI=1S/C15H20BrNO4/c1-15(2)20-13(14(21-15)12(18)8-16)9-17-19-10-11-6-4-3-5-7-11/h3-7,9,12-14,18H,8,10H2,1-2H3/b17-9+/t12-,13+,14-/m1/s1. The average Bonchev–Trinajstić information content (AvgIpc) is 2.79. The van der Waals surface area contributed by atoms with E-state index in [-0.39, 0.29) is 0 Å². The monoisotopic (exact) mass is 357 g/mol. The van der Waals surface area contributed by atoms with Crippen LogP contribution in [0.2, 0.25) is 0 Å². The van der Waals surface area contributed by atoms with Gasteiger partial charge in [-0.3, -0.25) is 0 Å². The van der Waals surface area contributed by atoms with E-state index in [4.69, 9.17) is 14.3 Å². The fourth-order valence-electron chi connectivity index (χ4n) is 2.11. The molecule has 1 aromatic carbocycles. The Labute approximate surface area is 133 Å². The number of ether oxygens (including phenoxy) is 2. The maximum Gasteiger partial charge on any atom is 0.164 e. The molecule has 0 spiro atoms. The summed E-state index contributed by atoms with van der Waals surface area (Å²) >= 11 is 3.24. The predicted octanol–water partition coefficient (Wildman–Crippen LogP) is 2.46. The molecule has 1 aliphatic rings. The Hall–Kier alpha value is -0.950. The fraction of sp³-hybridized carbons (Fsp3) is 0.533. The Balaban J connectivity index is 1.89. The summed E-state index contributed by atoms with van der Waals surface area (Å²) in [5.41, 5.74) is 1.04. The minimum atomic E-state index is -0.746. The van der Waals surface area contributed by atoms with Crippen LogP contribution in [-0.4, -0.2) is 40.8 Å². The number of aliphatic hydroxyl groups excluding tert-OH is 1. The van der Waals surface area contributed by atoms with Crippen LogP contribution in [0.1, 0.15) is 19.4 Å². The predicted molar refractivity (Wildman–Crippen MR) is 83.3 cm³/mol. The molecule has 0 aliphatic carbocycles. The zero-order valence-corrected chi connectivity index (χ0v) is 13.7.